The number of hydrogen-bond donors (Lipinski definition) is 2. The zero-order valence-corrected chi connectivity index (χ0v) is 13.8. The van der Waals surface area contributed by atoms with Crippen molar-refractivity contribution in [3.8, 4) is 0 Å². The Hall–Kier alpha value is -1.38. The first-order valence-corrected chi connectivity index (χ1v) is 8.27. The molecule has 21 heavy (non-hydrogen) atoms. The summed E-state index contributed by atoms with van der Waals surface area (Å²) in [6.45, 7) is 1.41. The van der Waals surface area contributed by atoms with E-state index in [1.165, 1.54) is 22.9 Å². The van der Waals surface area contributed by atoms with Crippen LogP contribution in [0.1, 0.15) is 11.3 Å². The normalized spacial score (nSPS) is 11.7. The predicted molar refractivity (Wildman–Crippen MR) is 81.0 cm³/mol. The van der Waals surface area contributed by atoms with E-state index in [4.69, 9.17) is 5.11 Å². The van der Waals surface area contributed by atoms with Crippen molar-refractivity contribution in [1.29, 1.82) is 0 Å². The van der Waals surface area contributed by atoms with Gasteiger partial charge in [0, 0.05) is 18.9 Å². The number of nitrogens with zero attached hydrogens (tertiary/aromatic N) is 1. The first kappa shape index (κ1) is 16.0. The molecule has 0 saturated carbocycles. The molecule has 0 unspecified atom stereocenters. The van der Waals surface area contributed by atoms with Crippen LogP contribution in [0.4, 0.5) is 10.1 Å². The van der Waals surface area contributed by atoms with Crippen molar-refractivity contribution in [2.24, 2.45) is 7.05 Å². The minimum atomic E-state index is -3.84. The van der Waals surface area contributed by atoms with Crippen LogP contribution in [0.15, 0.2) is 33.8 Å². The molecule has 5 nitrogen and oxygen atoms in total. The molecule has 8 heteroatoms. The second kappa shape index (κ2) is 5.78. The maximum atomic E-state index is 13.5. The average molecular weight is 377 g/mol. The van der Waals surface area contributed by atoms with Crippen molar-refractivity contribution < 1.29 is 17.9 Å². The molecular weight excluding hydrogens is 363 g/mol. The van der Waals surface area contributed by atoms with Crippen molar-refractivity contribution in [1.82, 2.24) is 4.57 Å². The summed E-state index contributed by atoms with van der Waals surface area (Å²) in [5, 5.41) is 9.11. The highest BCUT2D eigenvalue weighted by Crippen LogP contribution is 2.26. The van der Waals surface area contributed by atoms with E-state index >= 15 is 0 Å². The zero-order valence-electron chi connectivity index (χ0n) is 11.4. The van der Waals surface area contributed by atoms with Gasteiger partial charge in [0.1, 0.15) is 10.7 Å². The van der Waals surface area contributed by atoms with Crippen LogP contribution in [-0.4, -0.2) is 18.1 Å². The molecule has 2 aromatic rings. The molecule has 0 bridgehead atoms. The van der Waals surface area contributed by atoms with Gasteiger partial charge in [-0.15, -0.1) is 0 Å². The third kappa shape index (κ3) is 3.28. The molecule has 0 fully saturated rings. The Morgan fingerprint density at radius 1 is 1.38 bits per heavy atom. The molecule has 2 rings (SSSR count). The lowest BCUT2D eigenvalue weighted by Gasteiger charge is -2.10. The van der Waals surface area contributed by atoms with E-state index < -0.39 is 15.8 Å². The number of aromatic nitrogens is 1. The minimum Gasteiger partial charge on any atom is -0.390 e. The molecule has 0 radical (unpaired) electrons. The summed E-state index contributed by atoms with van der Waals surface area (Å²) in [4.78, 5) is 0.0109. The third-order valence-corrected chi connectivity index (χ3v) is 5.01. The fourth-order valence-corrected chi connectivity index (χ4v) is 3.51. The Morgan fingerprint density at radius 2 is 2.05 bits per heavy atom. The first-order chi connectivity index (χ1) is 9.74. The fourth-order valence-electron chi connectivity index (χ4n) is 1.84. The van der Waals surface area contributed by atoms with E-state index in [9.17, 15) is 12.8 Å². The Kier molecular flexibility index (Phi) is 4.40. The van der Waals surface area contributed by atoms with Crippen molar-refractivity contribution >= 4 is 31.6 Å². The number of aryl methyl sites for hydroxylation is 2. The Labute approximate surface area is 130 Å². The van der Waals surface area contributed by atoms with Crippen LogP contribution in [-0.2, 0) is 23.7 Å². The van der Waals surface area contributed by atoms with Crippen LogP contribution in [0.3, 0.4) is 0 Å². The highest BCUT2D eigenvalue weighted by molar-refractivity contribution is 9.10. The lowest BCUT2D eigenvalue weighted by Crippen LogP contribution is -2.13. The number of sulfonamides is 1. The summed E-state index contributed by atoms with van der Waals surface area (Å²) >= 11 is 3.04. The number of halogens is 2. The number of anilines is 1. The number of hydrogen-bond acceptors (Lipinski definition) is 3. The second-order valence-electron chi connectivity index (χ2n) is 4.62. The molecule has 0 aliphatic heterocycles. The molecule has 0 spiro atoms. The number of nitrogens with one attached hydrogen (secondary N) is 1. The molecule has 0 amide bonds. The van der Waals surface area contributed by atoms with Crippen molar-refractivity contribution in [3.63, 3.8) is 0 Å². The Morgan fingerprint density at radius 3 is 2.62 bits per heavy atom. The lowest BCUT2D eigenvalue weighted by molar-refractivity contribution is 0.272. The fraction of sp³-hybridized carbons (Fsp3) is 0.231. The van der Waals surface area contributed by atoms with Gasteiger partial charge in [-0.3, -0.25) is 4.72 Å². The van der Waals surface area contributed by atoms with Crippen molar-refractivity contribution in [3.05, 3.63) is 45.9 Å². The van der Waals surface area contributed by atoms with E-state index in [0.29, 0.717) is 11.3 Å². The zero-order chi connectivity index (χ0) is 15.8. The van der Waals surface area contributed by atoms with Crippen molar-refractivity contribution in [2.45, 2.75) is 18.4 Å². The van der Waals surface area contributed by atoms with Gasteiger partial charge in [-0.2, -0.15) is 0 Å². The largest absolute Gasteiger partial charge is 0.390 e. The van der Waals surface area contributed by atoms with E-state index in [1.54, 1.807) is 14.0 Å². The molecule has 1 aromatic carbocycles. The molecule has 2 N–H and O–H groups in total. The summed E-state index contributed by atoms with van der Waals surface area (Å²) < 4.78 is 42.3. The molecule has 0 aliphatic rings. The van der Waals surface area contributed by atoms with Crippen LogP contribution >= 0.6 is 15.9 Å². The van der Waals surface area contributed by atoms with Gasteiger partial charge in [-0.05, 0) is 46.6 Å². The van der Waals surface area contributed by atoms with Gasteiger partial charge in [-0.25, -0.2) is 12.8 Å². The monoisotopic (exact) mass is 376 g/mol. The molecule has 1 heterocycles. The molecule has 1 aromatic heterocycles. The van der Waals surface area contributed by atoms with Gasteiger partial charge in [0.25, 0.3) is 10.0 Å². The van der Waals surface area contributed by atoms with E-state index in [0.717, 1.165) is 6.07 Å². The Bertz CT molecular complexity index is 787. The summed E-state index contributed by atoms with van der Waals surface area (Å²) in [5.74, 6) is -0.553. The van der Waals surface area contributed by atoms with Crippen LogP contribution in [0.5, 0.6) is 0 Å². The number of benzene rings is 1. The molecular formula is C13H14BrFN2O3S. The third-order valence-electron chi connectivity index (χ3n) is 3.07. The highest BCUT2D eigenvalue weighted by Gasteiger charge is 2.19. The summed E-state index contributed by atoms with van der Waals surface area (Å²) in [5.41, 5.74) is 1.23. The first-order valence-electron chi connectivity index (χ1n) is 5.99. The maximum Gasteiger partial charge on any atom is 0.263 e. The van der Waals surface area contributed by atoms with Crippen LogP contribution < -0.4 is 4.72 Å². The second-order valence-corrected chi connectivity index (χ2v) is 7.16. The van der Waals surface area contributed by atoms with Gasteiger partial charge < -0.3 is 9.67 Å². The number of aliphatic hydroxyl groups excluding tert-OH is 1. The maximum absolute atomic E-state index is 13.5. The molecule has 0 aliphatic carbocycles. The summed E-state index contributed by atoms with van der Waals surface area (Å²) in [7, 11) is -2.21. The van der Waals surface area contributed by atoms with Crippen LogP contribution in [0.25, 0.3) is 0 Å². The highest BCUT2D eigenvalue weighted by atomic mass is 79.9. The van der Waals surface area contributed by atoms with E-state index in [1.807, 2.05) is 0 Å². The molecule has 114 valence electrons. The smallest absolute Gasteiger partial charge is 0.263 e. The lowest BCUT2D eigenvalue weighted by atomic mass is 10.2. The standard InChI is InChI=1S/C13H14BrFN2O3S/c1-8-3-11(14)12(15)5-13(8)16-21(19,20)10-4-9(7-18)17(2)6-10/h3-6,16,18H,7H2,1-2H3. The van der Waals surface area contributed by atoms with Crippen LogP contribution in [0, 0.1) is 12.7 Å². The van der Waals surface area contributed by atoms with Gasteiger partial charge in [0.15, 0.2) is 0 Å². The summed E-state index contributed by atoms with van der Waals surface area (Å²) in [6.07, 6.45) is 1.39. The number of aliphatic hydroxyl groups is 1. The van der Waals surface area contributed by atoms with Crippen molar-refractivity contribution in [2.75, 3.05) is 4.72 Å². The van der Waals surface area contributed by atoms with Gasteiger partial charge in [-0.1, -0.05) is 0 Å². The minimum absolute atomic E-state index is 0.0109. The van der Waals surface area contributed by atoms with Gasteiger partial charge in [0.05, 0.1) is 16.8 Å². The Balaban J connectivity index is 2.39. The quantitative estimate of drug-likeness (QED) is 0.860. The summed E-state index contributed by atoms with van der Waals surface area (Å²) in [6, 6.07) is 3.98. The molecule has 0 saturated heterocycles. The SMILES string of the molecule is Cc1cc(Br)c(F)cc1NS(=O)(=O)c1cc(CO)n(C)c1. The average Bonchev–Trinajstić information content (AvgIpc) is 2.78. The molecule has 0 atom stereocenters. The predicted octanol–water partition coefficient (Wildman–Crippen LogP) is 2.53. The van der Waals surface area contributed by atoms with Crippen LogP contribution in [0.2, 0.25) is 0 Å². The van der Waals surface area contributed by atoms with E-state index in [2.05, 4.69) is 20.7 Å². The number of rotatable bonds is 4. The van der Waals surface area contributed by atoms with E-state index in [-0.39, 0.29) is 21.7 Å². The van der Waals surface area contributed by atoms with Gasteiger partial charge in [0.2, 0.25) is 0 Å². The van der Waals surface area contributed by atoms with Gasteiger partial charge >= 0.3 is 0 Å². The topological polar surface area (TPSA) is 71.3 Å².